The van der Waals surface area contributed by atoms with E-state index in [1.807, 2.05) is 12.1 Å². The van der Waals surface area contributed by atoms with Crippen molar-refractivity contribution in [2.75, 3.05) is 30.9 Å². The third-order valence-corrected chi connectivity index (χ3v) is 9.79. The highest BCUT2D eigenvalue weighted by Gasteiger charge is 2.55. The van der Waals surface area contributed by atoms with Crippen LogP contribution in [0.1, 0.15) is 75.1 Å². The van der Waals surface area contributed by atoms with Crippen LogP contribution in [0.4, 0.5) is 5.82 Å². The molecule has 1 aromatic rings. The Labute approximate surface area is 212 Å². The molecule has 1 aliphatic heterocycles. The largest absolute Gasteiger partial charge is 0.469 e. The maximum absolute atomic E-state index is 13.5. The first kappa shape index (κ1) is 24.9. The van der Waals surface area contributed by atoms with Crippen molar-refractivity contribution >= 4 is 29.5 Å². The van der Waals surface area contributed by atoms with E-state index in [0.717, 1.165) is 81.1 Å². The molecular weight excluding hydrogens is 462 g/mol. The van der Waals surface area contributed by atoms with E-state index in [2.05, 4.69) is 17.1 Å². The predicted molar refractivity (Wildman–Crippen MR) is 137 cm³/mol. The van der Waals surface area contributed by atoms with E-state index in [9.17, 15) is 14.7 Å². The molecule has 4 saturated carbocycles. The lowest BCUT2D eigenvalue weighted by Gasteiger charge is -2.58. The Morgan fingerprint density at radius 2 is 2.03 bits per heavy atom. The molecule has 3 unspecified atom stereocenters. The molecule has 4 aliphatic carbocycles. The Bertz CT molecular complexity index is 940. The number of anilines is 1. The van der Waals surface area contributed by atoms with E-state index in [0.29, 0.717) is 29.7 Å². The number of nitrogens with zero attached hydrogens (tertiary/aromatic N) is 2. The summed E-state index contributed by atoms with van der Waals surface area (Å²) in [6.07, 6.45) is 8.31. The lowest BCUT2D eigenvalue weighted by Crippen LogP contribution is -2.61. The van der Waals surface area contributed by atoms with Crippen molar-refractivity contribution in [3.8, 4) is 0 Å². The number of hydrogen-bond acceptors (Lipinski definition) is 7. The second kappa shape index (κ2) is 10.3. The minimum atomic E-state index is -0.497. The normalized spacial score (nSPS) is 33.6. The van der Waals surface area contributed by atoms with Gasteiger partial charge in [-0.05, 0) is 92.9 Å². The number of rotatable bonds is 8. The number of methoxy groups -OCH3 is 1. The molecule has 2 heterocycles. The Morgan fingerprint density at radius 3 is 2.71 bits per heavy atom. The number of ether oxygens (including phenoxy) is 1. The molecule has 3 atom stereocenters. The van der Waals surface area contributed by atoms with Crippen molar-refractivity contribution in [3.05, 3.63) is 17.7 Å². The first-order valence-corrected chi connectivity index (χ1v) is 14.3. The van der Waals surface area contributed by atoms with Gasteiger partial charge in [0.2, 0.25) is 0 Å². The van der Waals surface area contributed by atoms with E-state index in [1.165, 1.54) is 7.11 Å². The molecule has 1 saturated heterocycles. The number of carbonyl (C=O) groups is 2. The van der Waals surface area contributed by atoms with Gasteiger partial charge in [-0.2, -0.15) is 0 Å². The molecule has 7 nitrogen and oxygen atoms in total. The van der Waals surface area contributed by atoms with Gasteiger partial charge >= 0.3 is 5.97 Å². The summed E-state index contributed by atoms with van der Waals surface area (Å²) in [4.78, 5) is 32.5. The number of piperidine rings is 1. The average molecular weight is 502 g/mol. The standard InChI is InChI=1S/C27H39N3O4S/c1-3-9-35-26-21(6-7-22(28-26)30-8-4-5-17(16-30)12-23(31)34-2)25(32)29-24-19-10-18-11-20(24)15-27(33,13-18)14-19/h6-7,17-20,24,33H,3-5,8-16H2,1-2H3,(H,29,32). The second-order valence-corrected chi connectivity index (χ2v) is 12.4. The van der Waals surface area contributed by atoms with Crippen molar-refractivity contribution in [3.63, 3.8) is 0 Å². The highest BCUT2D eigenvalue weighted by molar-refractivity contribution is 7.99. The van der Waals surface area contributed by atoms with E-state index in [4.69, 9.17) is 9.72 Å². The van der Waals surface area contributed by atoms with Crippen LogP contribution in [0.5, 0.6) is 0 Å². The van der Waals surface area contributed by atoms with Crippen molar-refractivity contribution in [2.24, 2.45) is 23.7 Å². The molecule has 8 heteroatoms. The SMILES string of the molecule is CCCSc1nc(N2CCCC(CC(=O)OC)C2)ccc1C(=O)NC1C2CC3CC1CC(O)(C3)C2. The summed E-state index contributed by atoms with van der Waals surface area (Å²) in [5.41, 5.74) is 0.159. The Morgan fingerprint density at radius 1 is 1.26 bits per heavy atom. The minimum absolute atomic E-state index is 0.0330. The summed E-state index contributed by atoms with van der Waals surface area (Å²) in [7, 11) is 1.44. The summed E-state index contributed by atoms with van der Waals surface area (Å²) >= 11 is 1.65. The molecule has 0 spiro atoms. The van der Waals surface area contributed by atoms with Crippen LogP contribution >= 0.6 is 11.8 Å². The van der Waals surface area contributed by atoms with Crippen LogP contribution in [-0.2, 0) is 9.53 Å². The van der Waals surface area contributed by atoms with Crippen LogP contribution < -0.4 is 10.2 Å². The zero-order valence-electron chi connectivity index (χ0n) is 21.0. The predicted octanol–water partition coefficient (Wildman–Crippen LogP) is 4.03. The fourth-order valence-corrected chi connectivity index (χ4v) is 8.17. The van der Waals surface area contributed by atoms with Gasteiger partial charge in [0.05, 0.1) is 18.3 Å². The first-order chi connectivity index (χ1) is 16.9. The summed E-state index contributed by atoms with van der Waals surface area (Å²) in [6, 6.07) is 4.05. The van der Waals surface area contributed by atoms with Gasteiger partial charge in [0.1, 0.15) is 10.8 Å². The third kappa shape index (κ3) is 5.33. The van der Waals surface area contributed by atoms with Crippen LogP contribution in [-0.4, -0.2) is 59.6 Å². The summed E-state index contributed by atoms with van der Waals surface area (Å²) in [6.45, 7) is 3.82. The quantitative estimate of drug-likeness (QED) is 0.410. The van der Waals surface area contributed by atoms with Crippen molar-refractivity contribution in [1.29, 1.82) is 0 Å². The first-order valence-electron chi connectivity index (χ1n) is 13.4. The molecule has 1 amide bonds. The molecule has 192 valence electrons. The van der Waals surface area contributed by atoms with Gasteiger partial charge in [-0.25, -0.2) is 4.98 Å². The molecule has 0 aromatic carbocycles. The van der Waals surface area contributed by atoms with Gasteiger partial charge in [-0.15, -0.1) is 11.8 Å². The third-order valence-electron chi connectivity index (χ3n) is 8.60. The summed E-state index contributed by atoms with van der Waals surface area (Å²) in [5, 5.41) is 15.1. The maximum atomic E-state index is 13.5. The number of nitrogens with one attached hydrogen (secondary N) is 1. The molecule has 35 heavy (non-hydrogen) atoms. The van der Waals surface area contributed by atoms with Crippen molar-refractivity contribution < 1.29 is 19.4 Å². The van der Waals surface area contributed by atoms with Crippen LogP contribution in [0.3, 0.4) is 0 Å². The fourth-order valence-electron chi connectivity index (χ4n) is 7.29. The molecule has 0 radical (unpaired) electrons. The smallest absolute Gasteiger partial charge is 0.305 e. The van der Waals surface area contributed by atoms with Crippen molar-refractivity contribution in [1.82, 2.24) is 10.3 Å². The maximum Gasteiger partial charge on any atom is 0.305 e. The molecule has 5 aliphatic rings. The van der Waals surface area contributed by atoms with E-state index in [-0.39, 0.29) is 23.8 Å². The molecule has 2 N–H and O–H groups in total. The van der Waals surface area contributed by atoms with E-state index >= 15 is 0 Å². The fraction of sp³-hybridized carbons (Fsp3) is 0.741. The van der Waals surface area contributed by atoms with E-state index in [1.54, 1.807) is 11.8 Å². The Balaban J connectivity index is 1.31. The number of aromatic nitrogens is 1. The van der Waals surface area contributed by atoms with Gasteiger partial charge in [0.25, 0.3) is 5.91 Å². The zero-order chi connectivity index (χ0) is 24.6. The number of aliphatic hydroxyl groups is 1. The summed E-state index contributed by atoms with van der Waals surface area (Å²) < 4.78 is 4.87. The zero-order valence-corrected chi connectivity index (χ0v) is 21.8. The highest BCUT2D eigenvalue weighted by Crippen LogP contribution is 2.55. The van der Waals surface area contributed by atoms with Crippen molar-refractivity contribution in [2.45, 2.75) is 81.4 Å². The van der Waals surface area contributed by atoms with Gasteiger partial charge < -0.3 is 20.1 Å². The van der Waals surface area contributed by atoms with Gasteiger partial charge in [-0.1, -0.05) is 6.92 Å². The molecule has 5 fully saturated rings. The van der Waals surface area contributed by atoms with Gasteiger partial charge in [0.15, 0.2) is 0 Å². The monoisotopic (exact) mass is 501 g/mol. The molecule has 4 bridgehead atoms. The lowest BCUT2D eigenvalue weighted by atomic mass is 9.52. The number of esters is 1. The van der Waals surface area contributed by atoms with Gasteiger partial charge in [0, 0.05) is 25.6 Å². The van der Waals surface area contributed by atoms with Crippen LogP contribution in [0.2, 0.25) is 0 Å². The number of amides is 1. The Kier molecular flexibility index (Phi) is 7.31. The average Bonchev–Trinajstić information content (AvgIpc) is 2.83. The topological polar surface area (TPSA) is 91.8 Å². The number of carbonyl (C=O) groups excluding carboxylic acids is 2. The van der Waals surface area contributed by atoms with Gasteiger partial charge in [-0.3, -0.25) is 9.59 Å². The number of hydrogen-bond donors (Lipinski definition) is 2. The molecular formula is C27H39N3O4S. The second-order valence-electron chi connectivity index (χ2n) is 11.3. The molecule has 6 rings (SSSR count). The Hall–Kier alpha value is -1.80. The number of thioether (sulfide) groups is 1. The summed E-state index contributed by atoms with van der Waals surface area (Å²) in [5.74, 6) is 3.25. The van der Waals surface area contributed by atoms with Crippen LogP contribution in [0, 0.1) is 23.7 Å². The number of pyridine rings is 1. The van der Waals surface area contributed by atoms with E-state index < -0.39 is 5.60 Å². The lowest BCUT2D eigenvalue weighted by molar-refractivity contribution is -0.141. The van der Waals surface area contributed by atoms with Crippen LogP contribution in [0.25, 0.3) is 0 Å². The van der Waals surface area contributed by atoms with Crippen LogP contribution in [0.15, 0.2) is 17.2 Å². The molecule has 1 aromatic heterocycles. The highest BCUT2D eigenvalue weighted by atomic mass is 32.2. The minimum Gasteiger partial charge on any atom is -0.469 e.